The van der Waals surface area contributed by atoms with Crippen molar-refractivity contribution in [3.63, 3.8) is 0 Å². The third-order valence-electron chi connectivity index (χ3n) is 4.11. The Morgan fingerprint density at radius 1 is 1.20 bits per heavy atom. The van der Waals surface area contributed by atoms with Crippen molar-refractivity contribution >= 4 is 21.7 Å². The maximum atomic E-state index is 11.5. The van der Waals surface area contributed by atoms with Gasteiger partial charge >= 0.3 is 0 Å². The molecule has 138 valence electrons. The molecule has 0 heterocycles. The Kier molecular flexibility index (Phi) is 7.31. The smallest absolute Gasteiger partial charge is 0.229 e. The number of aliphatic imine (C=N–C) groups is 1. The van der Waals surface area contributed by atoms with Crippen LogP contribution in [0.3, 0.4) is 0 Å². The molecule has 1 aromatic rings. The number of allylic oxidation sites excluding steroid dienone is 1. The van der Waals surface area contributed by atoms with E-state index in [1.54, 1.807) is 13.1 Å². The van der Waals surface area contributed by atoms with Crippen molar-refractivity contribution in [1.29, 1.82) is 0 Å². The van der Waals surface area contributed by atoms with Crippen LogP contribution in [0.1, 0.15) is 37.7 Å². The minimum absolute atomic E-state index is 0.487. The molecule has 0 amide bonds. The van der Waals surface area contributed by atoms with E-state index in [4.69, 9.17) is 0 Å². The van der Waals surface area contributed by atoms with Gasteiger partial charge in [0, 0.05) is 20.1 Å². The van der Waals surface area contributed by atoms with Crippen molar-refractivity contribution in [2.75, 3.05) is 24.6 Å². The van der Waals surface area contributed by atoms with E-state index in [1.165, 1.54) is 31.3 Å². The van der Waals surface area contributed by atoms with Crippen LogP contribution in [0.25, 0.3) is 0 Å². The second-order valence-electron chi connectivity index (χ2n) is 6.24. The summed E-state index contributed by atoms with van der Waals surface area (Å²) in [6, 6.07) is 7.34. The molecule has 0 atom stereocenters. The van der Waals surface area contributed by atoms with Gasteiger partial charge in [-0.1, -0.05) is 29.8 Å². The van der Waals surface area contributed by atoms with E-state index in [9.17, 15) is 8.42 Å². The number of guanidine groups is 1. The molecule has 0 bridgehead atoms. The largest absolute Gasteiger partial charge is 0.356 e. The van der Waals surface area contributed by atoms with Crippen LogP contribution in [0, 0.1) is 0 Å². The summed E-state index contributed by atoms with van der Waals surface area (Å²) in [4.78, 5) is 4.23. The molecule has 0 spiro atoms. The number of benzene rings is 1. The highest BCUT2D eigenvalue weighted by atomic mass is 32.2. The topological polar surface area (TPSA) is 82.6 Å². The molecule has 0 saturated carbocycles. The average Bonchev–Trinajstić information content (AvgIpc) is 2.58. The number of hydrogen-bond donors (Lipinski definition) is 3. The van der Waals surface area contributed by atoms with Gasteiger partial charge in [-0.05, 0) is 43.7 Å². The normalized spacial score (nSPS) is 15.4. The molecule has 25 heavy (non-hydrogen) atoms. The average molecular weight is 365 g/mol. The molecule has 0 fully saturated rings. The number of rotatable bonds is 7. The van der Waals surface area contributed by atoms with E-state index in [0.29, 0.717) is 18.2 Å². The number of hydrogen-bond acceptors (Lipinski definition) is 3. The second kappa shape index (κ2) is 9.46. The monoisotopic (exact) mass is 364 g/mol. The zero-order valence-corrected chi connectivity index (χ0v) is 15.8. The Hall–Kier alpha value is -2.02. The first-order valence-electron chi connectivity index (χ1n) is 8.66. The SMILES string of the molecule is CN=C(NCCC1=CCCCC1)NCc1ccccc1NS(C)(=O)=O. The molecular formula is C18H28N4O2S. The van der Waals surface area contributed by atoms with Crippen LogP contribution >= 0.6 is 0 Å². The maximum Gasteiger partial charge on any atom is 0.229 e. The molecule has 1 aliphatic rings. The fraction of sp³-hybridized carbons (Fsp3) is 0.500. The molecule has 0 saturated heterocycles. The number of nitrogens with one attached hydrogen (secondary N) is 3. The van der Waals surface area contributed by atoms with E-state index in [0.717, 1.165) is 24.8 Å². The predicted molar refractivity (Wildman–Crippen MR) is 104 cm³/mol. The van der Waals surface area contributed by atoms with Gasteiger partial charge in [-0.3, -0.25) is 9.71 Å². The minimum Gasteiger partial charge on any atom is -0.356 e. The van der Waals surface area contributed by atoms with Gasteiger partial charge in [0.2, 0.25) is 10.0 Å². The summed E-state index contributed by atoms with van der Waals surface area (Å²) >= 11 is 0. The van der Waals surface area contributed by atoms with Crippen molar-refractivity contribution in [3.8, 4) is 0 Å². The van der Waals surface area contributed by atoms with Crippen molar-refractivity contribution in [3.05, 3.63) is 41.5 Å². The Bertz CT molecular complexity index is 726. The first kappa shape index (κ1) is 19.3. The van der Waals surface area contributed by atoms with Crippen LogP contribution in [-0.2, 0) is 16.6 Å². The zero-order chi connectivity index (χ0) is 18.1. The lowest BCUT2D eigenvalue weighted by atomic mass is 9.97. The van der Waals surface area contributed by atoms with Crippen LogP contribution in [0.15, 0.2) is 40.9 Å². The third kappa shape index (κ3) is 7.17. The molecule has 2 rings (SSSR count). The molecule has 0 aromatic heterocycles. The lowest BCUT2D eigenvalue weighted by Gasteiger charge is -2.16. The van der Waals surface area contributed by atoms with Gasteiger partial charge in [0.15, 0.2) is 5.96 Å². The number of nitrogens with zero attached hydrogens (tertiary/aromatic N) is 1. The van der Waals surface area contributed by atoms with E-state index >= 15 is 0 Å². The van der Waals surface area contributed by atoms with Gasteiger partial charge in [-0.25, -0.2) is 8.42 Å². The summed E-state index contributed by atoms with van der Waals surface area (Å²) in [6.45, 7) is 1.33. The van der Waals surface area contributed by atoms with Gasteiger partial charge in [0.1, 0.15) is 0 Å². The van der Waals surface area contributed by atoms with E-state index in [2.05, 4.69) is 26.4 Å². The van der Waals surface area contributed by atoms with Gasteiger partial charge in [-0.15, -0.1) is 0 Å². The first-order chi connectivity index (χ1) is 12.0. The number of para-hydroxylation sites is 1. The third-order valence-corrected chi connectivity index (χ3v) is 4.70. The van der Waals surface area contributed by atoms with E-state index in [1.807, 2.05) is 18.2 Å². The van der Waals surface area contributed by atoms with Gasteiger partial charge < -0.3 is 10.6 Å². The summed E-state index contributed by atoms with van der Waals surface area (Å²) in [5.41, 5.74) is 2.98. The number of anilines is 1. The van der Waals surface area contributed by atoms with E-state index < -0.39 is 10.0 Å². The van der Waals surface area contributed by atoms with Crippen LogP contribution in [0.4, 0.5) is 5.69 Å². The van der Waals surface area contributed by atoms with Crippen LogP contribution in [0.2, 0.25) is 0 Å². The van der Waals surface area contributed by atoms with Crippen molar-refractivity contribution in [1.82, 2.24) is 10.6 Å². The summed E-state index contributed by atoms with van der Waals surface area (Å²) in [5, 5.41) is 6.55. The lowest BCUT2D eigenvalue weighted by Crippen LogP contribution is -2.37. The van der Waals surface area contributed by atoms with Gasteiger partial charge in [0.25, 0.3) is 0 Å². The highest BCUT2D eigenvalue weighted by Crippen LogP contribution is 2.19. The highest BCUT2D eigenvalue weighted by Gasteiger charge is 2.08. The molecule has 1 aliphatic carbocycles. The van der Waals surface area contributed by atoms with E-state index in [-0.39, 0.29) is 0 Å². The Labute approximate surface area is 150 Å². The van der Waals surface area contributed by atoms with Gasteiger partial charge in [-0.2, -0.15) is 0 Å². The van der Waals surface area contributed by atoms with Crippen LogP contribution in [0.5, 0.6) is 0 Å². The standard InChI is InChI=1S/C18H28N4O2S/c1-19-18(20-13-12-15-8-4-3-5-9-15)21-14-16-10-6-7-11-17(16)22-25(2,23)24/h6-8,10-11,22H,3-5,9,12-14H2,1-2H3,(H2,19,20,21). The molecule has 3 N–H and O–H groups in total. The maximum absolute atomic E-state index is 11.5. The summed E-state index contributed by atoms with van der Waals surface area (Å²) in [7, 11) is -1.57. The van der Waals surface area contributed by atoms with Crippen LogP contribution < -0.4 is 15.4 Å². The highest BCUT2D eigenvalue weighted by molar-refractivity contribution is 7.92. The Morgan fingerprint density at radius 2 is 2.00 bits per heavy atom. The molecule has 0 radical (unpaired) electrons. The lowest BCUT2D eigenvalue weighted by molar-refractivity contribution is 0.606. The second-order valence-corrected chi connectivity index (χ2v) is 7.99. The van der Waals surface area contributed by atoms with Crippen molar-refractivity contribution in [2.45, 2.75) is 38.6 Å². The predicted octanol–water partition coefficient (Wildman–Crippen LogP) is 2.61. The fourth-order valence-electron chi connectivity index (χ4n) is 2.85. The minimum atomic E-state index is -3.30. The first-order valence-corrected chi connectivity index (χ1v) is 10.5. The molecule has 1 aromatic carbocycles. The fourth-order valence-corrected chi connectivity index (χ4v) is 3.45. The summed E-state index contributed by atoms with van der Waals surface area (Å²) in [5.74, 6) is 0.713. The summed E-state index contributed by atoms with van der Waals surface area (Å²) in [6.07, 6.45) is 9.55. The summed E-state index contributed by atoms with van der Waals surface area (Å²) < 4.78 is 25.5. The zero-order valence-electron chi connectivity index (χ0n) is 15.0. The number of sulfonamides is 1. The Balaban J connectivity index is 1.85. The van der Waals surface area contributed by atoms with Crippen molar-refractivity contribution in [2.24, 2.45) is 4.99 Å². The van der Waals surface area contributed by atoms with Crippen molar-refractivity contribution < 1.29 is 8.42 Å². The van der Waals surface area contributed by atoms with Crippen LogP contribution in [-0.4, -0.2) is 34.2 Å². The molecular weight excluding hydrogens is 336 g/mol. The molecule has 0 unspecified atom stereocenters. The quantitative estimate of drug-likeness (QED) is 0.395. The van der Waals surface area contributed by atoms with Gasteiger partial charge in [0.05, 0.1) is 11.9 Å². The molecule has 0 aliphatic heterocycles. The Morgan fingerprint density at radius 3 is 2.68 bits per heavy atom. The molecule has 6 nitrogen and oxygen atoms in total. The molecule has 7 heteroatoms.